The minimum absolute atomic E-state index is 0.0605. The van der Waals surface area contributed by atoms with Gasteiger partial charge in [-0.1, -0.05) is 5.16 Å². The number of benzene rings is 1. The number of alkyl carbamates (subject to hydrolysis) is 1. The molecule has 2 heterocycles. The average Bonchev–Trinajstić information content (AvgIpc) is 3.24. The summed E-state index contributed by atoms with van der Waals surface area (Å²) >= 11 is 0. The van der Waals surface area contributed by atoms with Crippen LogP contribution in [0.1, 0.15) is 76.2 Å². The molecule has 39 heavy (non-hydrogen) atoms. The SMILES string of the molecule is CC(C)(C)OC(=O)N[C@@H](CC(=O)N1CCCC1c1noc(C2(C(F)(F)F)CC2)n1)Cc1cc(F)c(F)cc1F. The molecule has 1 aliphatic heterocycles. The molecule has 0 bridgehead atoms. The number of alkyl halides is 3. The van der Waals surface area contributed by atoms with E-state index in [-0.39, 0.29) is 37.2 Å². The summed E-state index contributed by atoms with van der Waals surface area (Å²) in [7, 11) is 0. The van der Waals surface area contributed by atoms with E-state index in [0.717, 1.165) is 0 Å². The highest BCUT2D eigenvalue weighted by molar-refractivity contribution is 5.78. The number of hydrogen-bond donors (Lipinski definition) is 1. The van der Waals surface area contributed by atoms with E-state index >= 15 is 0 Å². The smallest absolute Gasteiger partial charge is 0.407 e. The van der Waals surface area contributed by atoms with Crippen LogP contribution in [0.3, 0.4) is 0 Å². The largest absolute Gasteiger partial charge is 0.444 e. The van der Waals surface area contributed by atoms with Gasteiger partial charge in [0.05, 0.1) is 6.04 Å². The van der Waals surface area contributed by atoms with Crippen LogP contribution in [0.4, 0.5) is 31.1 Å². The second kappa shape index (κ2) is 10.3. The van der Waals surface area contributed by atoms with Gasteiger partial charge < -0.3 is 19.5 Å². The zero-order chi connectivity index (χ0) is 28.8. The van der Waals surface area contributed by atoms with Crippen molar-refractivity contribution in [2.24, 2.45) is 0 Å². The minimum Gasteiger partial charge on any atom is -0.444 e. The Morgan fingerprint density at radius 3 is 2.44 bits per heavy atom. The lowest BCUT2D eigenvalue weighted by atomic mass is 10.0. The topological polar surface area (TPSA) is 97.6 Å². The molecule has 2 aromatic rings. The number of halogens is 6. The van der Waals surface area contributed by atoms with Crippen LogP contribution in [0.5, 0.6) is 0 Å². The fourth-order valence-electron chi connectivity index (χ4n) is 4.60. The van der Waals surface area contributed by atoms with E-state index in [9.17, 15) is 35.9 Å². The number of hydrogen-bond acceptors (Lipinski definition) is 6. The second-order valence-corrected chi connectivity index (χ2v) is 10.9. The van der Waals surface area contributed by atoms with Gasteiger partial charge in [-0.25, -0.2) is 18.0 Å². The number of nitrogens with zero attached hydrogens (tertiary/aromatic N) is 3. The Bertz CT molecular complexity index is 1240. The molecule has 214 valence electrons. The molecule has 14 heteroatoms. The maximum Gasteiger partial charge on any atom is 0.407 e. The van der Waals surface area contributed by atoms with Gasteiger partial charge >= 0.3 is 12.3 Å². The third-order valence-electron chi connectivity index (χ3n) is 6.71. The van der Waals surface area contributed by atoms with Gasteiger partial charge in [0.1, 0.15) is 16.8 Å². The Balaban J connectivity index is 1.52. The van der Waals surface area contributed by atoms with Crippen LogP contribution < -0.4 is 5.32 Å². The number of carbonyl (C=O) groups is 2. The molecular formula is C25H28F6N4O4. The molecule has 1 aromatic carbocycles. The predicted molar refractivity (Wildman–Crippen MR) is 123 cm³/mol. The molecule has 1 aliphatic carbocycles. The van der Waals surface area contributed by atoms with Crippen LogP contribution in [-0.2, 0) is 21.4 Å². The monoisotopic (exact) mass is 562 g/mol. The van der Waals surface area contributed by atoms with Crippen molar-refractivity contribution in [1.82, 2.24) is 20.4 Å². The summed E-state index contributed by atoms with van der Waals surface area (Å²) in [6.45, 7) is 5.07. The third kappa shape index (κ3) is 6.30. The molecule has 1 N–H and O–H groups in total. The van der Waals surface area contributed by atoms with Crippen LogP contribution in [0.2, 0.25) is 0 Å². The predicted octanol–water partition coefficient (Wildman–Crippen LogP) is 5.27. The number of aromatic nitrogens is 2. The van der Waals surface area contributed by atoms with Crippen molar-refractivity contribution in [2.45, 2.75) is 88.6 Å². The summed E-state index contributed by atoms with van der Waals surface area (Å²) in [6.07, 6.45) is -5.67. The molecule has 2 fully saturated rings. The molecule has 0 spiro atoms. The van der Waals surface area contributed by atoms with E-state index in [0.29, 0.717) is 25.0 Å². The van der Waals surface area contributed by atoms with Gasteiger partial charge in [-0.3, -0.25) is 4.79 Å². The first-order valence-corrected chi connectivity index (χ1v) is 12.4. The summed E-state index contributed by atoms with van der Waals surface area (Å²) in [5.41, 5.74) is -3.33. The highest BCUT2D eigenvalue weighted by Crippen LogP contribution is 2.58. The number of carbonyl (C=O) groups excluding carboxylic acids is 2. The number of ether oxygens (including phenoxy) is 1. The lowest BCUT2D eigenvalue weighted by Crippen LogP contribution is -2.44. The zero-order valence-corrected chi connectivity index (χ0v) is 21.5. The molecule has 1 unspecified atom stereocenters. The first-order chi connectivity index (χ1) is 18.1. The van der Waals surface area contributed by atoms with Gasteiger partial charge in [0, 0.05) is 25.1 Å². The fraction of sp³-hybridized carbons (Fsp3) is 0.600. The molecule has 1 aromatic heterocycles. The second-order valence-electron chi connectivity index (χ2n) is 10.9. The summed E-state index contributed by atoms with van der Waals surface area (Å²) in [5.74, 6) is -4.88. The van der Waals surface area contributed by atoms with E-state index in [1.54, 1.807) is 20.8 Å². The van der Waals surface area contributed by atoms with Gasteiger partial charge in [-0.2, -0.15) is 18.2 Å². The molecule has 1 saturated heterocycles. The first kappa shape index (κ1) is 28.7. The number of likely N-dealkylation sites (tertiary alicyclic amines) is 1. The van der Waals surface area contributed by atoms with E-state index in [2.05, 4.69) is 15.5 Å². The van der Waals surface area contributed by atoms with Gasteiger partial charge in [-0.05, 0) is 64.5 Å². The quantitative estimate of drug-likeness (QED) is 0.365. The summed E-state index contributed by atoms with van der Waals surface area (Å²) in [5, 5.41) is 6.19. The van der Waals surface area contributed by atoms with Gasteiger partial charge in [-0.15, -0.1) is 0 Å². The first-order valence-electron chi connectivity index (χ1n) is 12.4. The Labute approximate surface area is 220 Å². The highest BCUT2D eigenvalue weighted by Gasteiger charge is 2.68. The molecule has 2 atom stereocenters. The molecule has 8 nitrogen and oxygen atoms in total. The van der Waals surface area contributed by atoms with Crippen molar-refractivity contribution in [3.63, 3.8) is 0 Å². The van der Waals surface area contributed by atoms with Crippen LogP contribution in [0.25, 0.3) is 0 Å². The van der Waals surface area contributed by atoms with Gasteiger partial charge in [0.25, 0.3) is 0 Å². The van der Waals surface area contributed by atoms with Crippen molar-refractivity contribution in [3.8, 4) is 0 Å². The number of nitrogens with one attached hydrogen (secondary N) is 1. The average molecular weight is 563 g/mol. The van der Waals surface area contributed by atoms with Crippen LogP contribution >= 0.6 is 0 Å². The van der Waals surface area contributed by atoms with Gasteiger partial charge in [0.15, 0.2) is 17.5 Å². The molecule has 4 rings (SSSR count). The van der Waals surface area contributed by atoms with Crippen LogP contribution in [-0.4, -0.2) is 51.4 Å². The van der Waals surface area contributed by atoms with E-state index in [4.69, 9.17) is 9.26 Å². The molecule has 2 aliphatic rings. The zero-order valence-electron chi connectivity index (χ0n) is 21.5. The number of amides is 2. The van der Waals surface area contributed by atoms with E-state index in [1.807, 2.05) is 0 Å². The maximum absolute atomic E-state index is 14.4. The normalized spacial score (nSPS) is 19.6. The number of rotatable bonds is 7. The summed E-state index contributed by atoms with van der Waals surface area (Å²) < 4.78 is 92.1. The van der Waals surface area contributed by atoms with Crippen molar-refractivity contribution in [3.05, 3.63) is 46.9 Å². The lowest BCUT2D eigenvalue weighted by Gasteiger charge is -2.27. The van der Waals surface area contributed by atoms with Gasteiger partial charge in [0.2, 0.25) is 11.8 Å². The Morgan fingerprint density at radius 1 is 1.15 bits per heavy atom. The lowest BCUT2D eigenvalue weighted by molar-refractivity contribution is -0.166. The fourth-order valence-corrected chi connectivity index (χ4v) is 4.60. The van der Waals surface area contributed by atoms with E-state index in [1.165, 1.54) is 4.90 Å². The van der Waals surface area contributed by atoms with Crippen LogP contribution in [0.15, 0.2) is 16.7 Å². The standard InChI is InChI=1S/C25H28F6N4O4/c1-23(2,3)38-22(37)32-14(9-13-10-16(27)17(28)12-15(13)26)11-19(36)35-8-4-5-18(35)20-33-21(39-34-20)24(6-7-24)25(29,30)31/h10,12,14,18H,4-9,11H2,1-3H3,(H,32,37)/t14-,18?/m1/s1. The third-order valence-corrected chi connectivity index (χ3v) is 6.71. The molecular weight excluding hydrogens is 534 g/mol. The highest BCUT2D eigenvalue weighted by atomic mass is 19.4. The summed E-state index contributed by atoms with van der Waals surface area (Å²) in [4.78, 5) is 31.1. The van der Waals surface area contributed by atoms with Crippen molar-refractivity contribution >= 4 is 12.0 Å². The Morgan fingerprint density at radius 2 is 1.82 bits per heavy atom. The maximum atomic E-state index is 14.4. The Kier molecular flexibility index (Phi) is 7.60. The minimum atomic E-state index is -4.54. The molecule has 0 radical (unpaired) electrons. The van der Waals surface area contributed by atoms with E-state index < -0.39 is 71.0 Å². The molecule has 2 amide bonds. The van der Waals surface area contributed by atoms with Crippen LogP contribution in [0, 0.1) is 17.5 Å². The van der Waals surface area contributed by atoms with Crippen molar-refractivity contribution in [1.29, 1.82) is 0 Å². The van der Waals surface area contributed by atoms with Crippen molar-refractivity contribution in [2.75, 3.05) is 6.54 Å². The summed E-state index contributed by atoms with van der Waals surface area (Å²) in [6, 6.07) is -0.836. The molecule has 1 saturated carbocycles. The Hall–Kier alpha value is -3.32. The van der Waals surface area contributed by atoms with Crippen molar-refractivity contribution < 1.29 is 45.2 Å².